The molecule has 2 aliphatic rings. The lowest BCUT2D eigenvalue weighted by atomic mass is 9.83. The molecule has 33 heavy (non-hydrogen) atoms. The third kappa shape index (κ3) is 8.74. The highest BCUT2D eigenvalue weighted by Gasteiger charge is 2.33. The second kappa shape index (κ2) is 14.8. The molecular weight excluding hydrogens is 527 g/mol. The number of ether oxygens (including phenoxy) is 1. The summed E-state index contributed by atoms with van der Waals surface area (Å²) in [4.78, 5) is 19.6. The molecule has 6 nitrogen and oxygen atoms in total. The summed E-state index contributed by atoms with van der Waals surface area (Å²) in [5.74, 6) is 1.12. The lowest BCUT2D eigenvalue weighted by molar-refractivity contribution is -0.132. The molecule has 1 amide bonds. The molecule has 0 bridgehead atoms. The number of hydrogen-bond donors (Lipinski definition) is 2. The van der Waals surface area contributed by atoms with Gasteiger partial charge in [0.25, 0.3) is 0 Å². The van der Waals surface area contributed by atoms with Crippen molar-refractivity contribution in [3.63, 3.8) is 0 Å². The van der Waals surface area contributed by atoms with Crippen LogP contribution in [0.4, 0.5) is 0 Å². The number of halogens is 1. The minimum atomic E-state index is 0. The summed E-state index contributed by atoms with van der Waals surface area (Å²) in [6.07, 6.45) is 8.54. The number of fused-ring (bicyclic) bond motifs is 1. The van der Waals surface area contributed by atoms with Gasteiger partial charge in [-0.25, -0.2) is 0 Å². The number of guanidine groups is 1. The highest BCUT2D eigenvalue weighted by Crippen LogP contribution is 2.41. The van der Waals surface area contributed by atoms with Crippen molar-refractivity contribution in [2.45, 2.75) is 71.8 Å². The number of carbonyl (C=O) groups excluding carboxylic acids is 1. The monoisotopic (exact) mass is 570 g/mol. The van der Waals surface area contributed by atoms with E-state index in [-0.39, 0.29) is 35.3 Å². The Morgan fingerprint density at radius 3 is 2.64 bits per heavy atom. The minimum absolute atomic E-state index is 0. The Kier molecular flexibility index (Phi) is 12.5. The normalized spacial score (nSPS) is 17.3. The first-order valence-electron chi connectivity index (χ1n) is 12.6. The van der Waals surface area contributed by atoms with Crippen LogP contribution in [0.5, 0.6) is 0 Å². The fourth-order valence-corrected chi connectivity index (χ4v) is 4.95. The predicted octanol–water partition coefficient (Wildman–Crippen LogP) is 4.51. The fourth-order valence-electron chi connectivity index (χ4n) is 4.95. The SMILES string of the molecule is CCNC(=NCC1(CCOCC)CCCC1)NCCCC(=O)N1CCc2ccccc2C1.I. The highest BCUT2D eigenvalue weighted by atomic mass is 127. The van der Waals surface area contributed by atoms with Gasteiger partial charge < -0.3 is 20.3 Å². The zero-order valence-electron chi connectivity index (χ0n) is 20.5. The van der Waals surface area contributed by atoms with Gasteiger partial charge in [0.05, 0.1) is 0 Å². The van der Waals surface area contributed by atoms with Crippen LogP contribution in [0.2, 0.25) is 0 Å². The van der Waals surface area contributed by atoms with Gasteiger partial charge in [-0.05, 0) is 62.5 Å². The standard InChI is InChI=1S/C26H42N4O2.HI/c1-3-27-25(29-21-26(14-7-8-15-26)16-19-32-4-2)28-17-9-12-24(31)30-18-13-22-10-5-6-11-23(22)20-30;/h5-6,10-11H,3-4,7-9,12-21H2,1-2H3,(H2,27,28,29);1H. The second-order valence-electron chi connectivity index (χ2n) is 9.21. The topological polar surface area (TPSA) is 66.0 Å². The summed E-state index contributed by atoms with van der Waals surface area (Å²) >= 11 is 0. The van der Waals surface area contributed by atoms with Crippen LogP contribution in [-0.4, -0.2) is 56.2 Å². The molecule has 1 aromatic carbocycles. The summed E-state index contributed by atoms with van der Waals surface area (Å²) in [5.41, 5.74) is 2.96. The summed E-state index contributed by atoms with van der Waals surface area (Å²) < 4.78 is 5.63. The van der Waals surface area contributed by atoms with E-state index in [4.69, 9.17) is 9.73 Å². The van der Waals surface area contributed by atoms with Gasteiger partial charge in [-0.15, -0.1) is 24.0 Å². The molecule has 1 heterocycles. The smallest absolute Gasteiger partial charge is 0.222 e. The van der Waals surface area contributed by atoms with E-state index in [0.717, 1.165) is 71.2 Å². The molecule has 0 saturated heterocycles. The van der Waals surface area contributed by atoms with E-state index in [1.165, 1.54) is 36.8 Å². The first-order valence-corrected chi connectivity index (χ1v) is 12.6. The lowest BCUT2D eigenvalue weighted by Gasteiger charge is -2.29. The number of nitrogens with one attached hydrogen (secondary N) is 2. The molecule has 0 aromatic heterocycles. The maximum Gasteiger partial charge on any atom is 0.222 e. The molecule has 186 valence electrons. The van der Waals surface area contributed by atoms with Gasteiger partial charge in [0.15, 0.2) is 5.96 Å². The zero-order valence-corrected chi connectivity index (χ0v) is 22.9. The van der Waals surface area contributed by atoms with Gasteiger partial charge in [-0.1, -0.05) is 37.1 Å². The van der Waals surface area contributed by atoms with Crippen molar-refractivity contribution >= 4 is 35.8 Å². The maximum atomic E-state index is 12.7. The van der Waals surface area contributed by atoms with Gasteiger partial charge in [0, 0.05) is 52.4 Å². The van der Waals surface area contributed by atoms with Gasteiger partial charge >= 0.3 is 0 Å². The number of hydrogen-bond acceptors (Lipinski definition) is 3. The number of rotatable bonds is 11. The van der Waals surface area contributed by atoms with Crippen molar-refractivity contribution < 1.29 is 9.53 Å². The molecule has 7 heteroatoms. The summed E-state index contributed by atoms with van der Waals surface area (Å²) in [6, 6.07) is 8.46. The molecule has 1 aromatic rings. The first-order chi connectivity index (χ1) is 15.7. The Labute approximate surface area is 217 Å². The van der Waals surface area contributed by atoms with Crippen molar-refractivity contribution in [1.82, 2.24) is 15.5 Å². The molecule has 2 N–H and O–H groups in total. The van der Waals surface area contributed by atoms with E-state index >= 15 is 0 Å². The molecular formula is C26H43IN4O2. The van der Waals surface area contributed by atoms with Crippen molar-refractivity contribution in [3.8, 4) is 0 Å². The molecule has 3 rings (SSSR count). The largest absolute Gasteiger partial charge is 0.382 e. The molecule has 0 radical (unpaired) electrons. The van der Waals surface area contributed by atoms with Gasteiger partial charge in [-0.2, -0.15) is 0 Å². The van der Waals surface area contributed by atoms with Crippen LogP contribution in [0, 0.1) is 5.41 Å². The second-order valence-corrected chi connectivity index (χ2v) is 9.21. The van der Waals surface area contributed by atoms with Crippen LogP contribution in [0.15, 0.2) is 29.3 Å². The third-order valence-electron chi connectivity index (χ3n) is 6.91. The Morgan fingerprint density at radius 2 is 1.91 bits per heavy atom. The van der Waals surface area contributed by atoms with Crippen LogP contribution in [-0.2, 0) is 22.5 Å². The fraction of sp³-hybridized carbons (Fsp3) is 0.692. The van der Waals surface area contributed by atoms with Crippen LogP contribution in [0.25, 0.3) is 0 Å². The zero-order chi connectivity index (χ0) is 22.7. The van der Waals surface area contributed by atoms with Crippen molar-refractivity contribution in [1.29, 1.82) is 0 Å². The van der Waals surface area contributed by atoms with Crippen LogP contribution < -0.4 is 10.6 Å². The van der Waals surface area contributed by atoms with Crippen LogP contribution in [0.1, 0.15) is 69.9 Å². The number of carbonyl (C=O) groups is 1. The molecule has 0 unspecified atom stereocenters. The highest BCUT2D eigenvalue weighted by molar-refractivity contribution is 14.0. The van der Waals surface area contributed by atoms with Gasteiger partial charge in [0.2, 0.25) is 5.91 Å². The number of benzene rings is 1. The number of amides is 1. The Balaban J connectivity index is 0.00000385. The van der Waals surface area contributed by atoms with E-state index in [1.54, 1.807) is 0 Å². The molecule has 1 aliphatic carbocycles. The van der Waals surface area contributed by atoms with E-state index in [1.807, 2.05) is 4.90 Å². The van der Waals surface area contributed by atoms with Crippen molar-refractivity contribution in [3.05, 3.63) is 35.4 Å². The quantitative estimate of drug-likeness (QED) is 0.178. The maximum absolute atomic E-state index is 12.7. The lowest BCUT2D eigenvalue weighted by Crippen LogP contribution is -2.40. The van der Waals surface area contributed by atoms with Crippen LogP contribution in [0.3, 0.4) is 0 Å². The summed E-state index contributed by atoms with van der Waals surface area (Å²) in [6.45, 7) is 9.79. The van der Waals surface area contributed by atoms with E-state index in [0.29, 0.717) is 6.42 Å². The predicted molar refractivity (Wildman–Crippen MR) is 146 cm³/mol. The minimum Gasteiger partial charge on any atom is -0.382 e. The average molecular weight is 571 g/mol. The Bertz CT molecular complexity index is 750. The molecule has 0 atom stereocenters. The molecule has 1 fully saturated rings. The van der Waals surface area contributed by atoms with E-state index in [2.05, 4.69) is 48.7 Å². The van der Waals surface area contributed by atoms with Crippen molar-refractivity contribution in [2.75, 3.05) is 39.4 Å². The summed E-state index contributed by atoms with van der Waals surface area (Å²) in [5, 5.41) is 6.81. The van der Waals surface area contributed by atoms with E-state index < -0.39 is 0 Å². The van der Waals surface area contributed by atoms with Gasteiger partial charge in [-0.3, -0.25) is 9.79 Å². The van der Waals surface area contributed by atoms with E-state index in [9.17, 15) is 4.79 Å². The average Bonchev–Trinajstić information content (AvgIpc) is 3.29. The van der Waals surface area contributed by atoms with Gasteiger partial charge in [0.1, 0.15) is 0 Å². The van der Waals surface area contributed by atoms with Crippen molar-refractivity contribution in [2.24, 2.45) is 10.4 Å². The Morgan fingerprint density at radius 1 is 1.15 bits per heavy atom. The molecule has 0 spiro atoms. The molecule has 1 saturated carbocycles. The molecule has 1 aliphatic heterocycles. The summed E-state index contributed by atoms with van der Waals surface area (Å²) in [7, 11) is 0. The third-order valence-corrected chi connectivity index (χ3v) is 6.91. The Hall–Kier alpha value is -1.35. The number of nitrogens with zero attached hydrogens (tertiary/aromatic N) is 2. The number of aliphatic imine (C=N–C) groups is 1. The van der Waals surface area contributed by atoms with Crippen LogP contribution >= 0.6 is 24.0 Å². The first kappa shape index (κ1) is 27.9.